The molecule has 0 unspecified atom stereocenters. The first-order valence-corrected chi connectivity index (χ1v) is 12.8. The molecule has 2 aromatic heterocycles. The fourth-order valence-electron chi connectivity index (χ4n) is 4.02. The van der Waals surface area contributed by atoms with E-state index in [0.29, 0.717) is 26.3 Å². The van der Waals surface area contributed by atoms with Crippen LogP contribution in [-0.4, -0.2) is 37.6 Å². The minimum atomic E-state index is -0.338. The van der Waals surface area contributed by atoms with Crippen molar-refractivity contribution in [1.82, 2.24) is 14.3 Å². The molecule has 0 radical (unpaired) electrons. The molecule has 4 rings (SSSR count). The van der Waals surface area contributed by atoms with Crippen LogP contribution in [0.15, 0.2) is 52.3 Å². The molecule has 3 heterocycles. The molecule has 1 aromatic carbocycles. The molecule has 0 aliphatic carbocycles. The summed E-state index contributed by atoms with van der Waals surface area (Å²) in [6, 6.07) is 9.73. The van der Waals surface area contributed by atoms with E-state index in [1.54, 1.807) is 24.4 Å². The SMILES string of the molecule is CCCN(CCC)c1nc2ccc(C)cn2c(=O)c1/C=C1\SC(=S)N(Cc2ccc(F)cc2)C1=O. The number of benzene rings is 1. The molecule has 6 nitrogen and oxygen atoms in total. The molecule has 1 aliphatic heterocycles. The number of halogens is 1. The Morgan fingerprint density at radius 2 is 1.77 bits per heavy atom. The van der Waals surface area contributed by atoms with Crippen molar-refractivity contribution in [2.24, 2.45) is 0 Å². The van der Waals surface area contributed by atoms with Gasteiger partial charge < -0.3 is 4.90 Å². The number of anilines is 1. The Hall–Kier alpha value is -3.04. The van der Waals surface area contributed by atoms with Crippen molar-refractivity contribution in [2.75, 3.05) is 18.0 Å². The quantitative estimate of drug-likeness (QED) is 0.308. The molecule has 182 valence electrons. The number of carbonyl (C=O) groups is 1. The molecule has 3 aromatic rings. The van der Waals surface area contributed by atoms with E-state index in [2.05, 4.69) is 18.7 Å². The van der Waals surface area contributed by atoms with Gasteiger partial charge in [0.25, 0.3) is 11.5 Å². The van der Waals surface area contributed by atoms with Crippen molar-refractivity contribution in [1.29, 1.82) is 0 Å². The summed E-state index contributed by atoms with van der Waals surface area (Å²) in [6.07, 6.45) is 5.18. The first-order valence-electron chi connectivity index (χ1n) is 11.6. The summed E-state index contributed by atoms with van der Waals surface area (Å²) in [6.45, 7) is 7.81. The maximum atomic E-state index is 13.6. The second-order valence-corrected chi connectivity index (χ2v) is 10.1. The van der Waals surface area contributed by atoms with Gasteiger partial charge >= 0.3 is 0 Å². The molecule has 0 bridgehead atoms. The molecule has 35 heavy (non-hydrogen) atoms. The van der Waals surface area contributed by atoms with Crippen LogP contribution in [0, 0.1) is 12.7 Å². The minimum Gasteiger partial charge on any atom is -0.356 e. The largest absolute Gasteiger partial charge is 0.356 e. The highest BCUT2D eigenvalue weighted by Crippen LogP contribution is 2.34. The zero-order valence-corrected chi connectivity index (χ0v) is 21.6. The molecule has 0 atom stereocenters. The number of rotatable bonds is 8. The summed E-state index contributed by atoms with van der Waals surface area (Å²) in [7, 11) is 0. The Balaban J connectivity index is 1.79. The Kier molecular flexibility index (Phi) is 7.66. The number of carbonyl (C=O) groups excluding carboxylic acids is 1. The lowest BCUT2D eigenvalue weighted by Crippen LogP contribution is -2.31. The van der Waals surface area contributed by atoms with E-state index in [1.807, 2.05) is 19.1 Å². The highest BCUT2D eigenvalue weighted by molar-refractivity contribution is 8.26. The van der Waals surface area contributed by atoms with E-state index in [1.165, 1.54) is 21.4 Å². The Bertz CT molecular complexity index is 1360. The average molecular weight is 511 g/mol. The van der Waals surface area contributed by atoms with Gasteiger partial charge in [-0.3, -0.25) is 18.9 Å². The fraction of sp³-hybridized carbons (Fsp3) is 0.308. The number of fused-ring (bicyclic) bond motifs is 1. The number of thiocarbonyl (C=S) groups is 1. The van der Waals surface area contributed by atoms with Gasteiger partial charge in [0, 0.05) is 19.3 Å². The number of aromatic nitrogens is 2. The molecule has 1 fully saturated rings. The third-order valence-electron chi connectivity index (χ3n) is 5.67. The summed E-state index contributed by atoms with van der Waals surface area (Å²) < 4.78 is 15.2. The zero-order valence-electron chi connectivity index (χ0n) is 20.0. The van der Waals surface area contributed by atoms with Crippen LogP contribution in [0.5, 0.6) is 0 Å². The number of amides is 1. The van der Waals surface area contributed by atoms with Crippen molar-refractivity contribution in [3.63, 3.8) is 0 Å². The van der Waals surface area contributed by atoms with Gasteiger partial charge in [-0.15, -0.1) is 0 Å². The van der Waals surface area contributed by atoms with Gasteiger partial charge in [-0.1, -0.05) is 56.0 Å². The summed E-state index contributed by atoms with van der Waals surface area (Å²) in [5.41, 5.74) is 2.41. The molecule has 0 N–H and O–H groups in total. The van der Waals surface area contributed by atoms with Gasteiger partial charge in [0.2, 0.25) is 0 Å². The zero-order chi connectivity index (χ0) is 25.1. The van der Waals surface area contributed by atoms with Crippen molar-refractivity contribution in [2.45, 2.75) is 40.2 Å². The standard InChI is InChI=1S/C26H27FN4O2S2/c1-4-12-29(13-5-2)23-20(24(32)30-15-17(3)6-11-22(30)28-23)14-21-25(33)31(26(34)35-21)16-18-7-9-19(27)10-8-18/h6-11,14-15H,4-5,12-13,16H2,1-3H3/b21-14-. The smallest absolute Gasteiger partial charge is 0.267 e. The predicted octanol–water partition coefficient (Wildman–Crippen LogP) is 5.17. The Morgan fingerprint density at radius 1 is 1.09 bits per heavy atom. The predicted molar refractivity (Wildman–Crippen MR) is 144 cm³/mol. The van der Waals surface area contributed by atoms with Crippen molar-refractivity contribution < 1.29 is 9.18 Å². The lowest BCUT2D eigenvalue weighted by Gasteiger charge is -2.24. The van der Waals surface area contributed by atoms with Crippen LogP contribution in [0.2, 0.25) is 0 Å². The number of thioether (sulfide) groups is 1. The normalized spacial score (nSPS) is 15.0. The topological polar surface area (TPSA) is 57.9 Å². The maximum absolute atomic E-state index is 13.6. The van der Waals surface area contributed by atoms with Gasteiger partial charge in [0.05, 0.1) is 17.0 Å². The highest BCUT2D eigenvalue weighted by atomic mass is 32.2. The summed E-state index contributed by atoms with van der Waals surface area (Å²) in [5, 5.41) is 0. The fourth-order valence-corrected chi connectivity index (χ4v) is 5.25. The second-order valence-electron chi connectivity index (χ2n) is 8.47. The van der Waals surface area contributed by atoms with Crippen molar-refractivity contribution >= 4 is 51.7 Å². The van der Waals surface area contributed by atoms with Gasteiger partial charge in [0.1, 0.15) is 21.6 Å². The van der Waals surface area contributed by atoms with Crippen LogP contribution in [0.25, 0.3) is 11.7 Å². The van der Waals surface area contributed by atoms with Crippen molar-refractivity contribution in [3.05, 3.63) is 80.4 Å². The highest BCUT2D eigenvalue weighted by Gasteiger charge is 2.33. The van der Waals surface area contributed by atoms with E-state index in [0.717, 1.165) is 48.8 Å². The van der Waals surface area contributed by atoms with Gasteiger partial charge in [-0.05, 0) is 55.2 Å². The minimum absolute atomic E-state index is 0.227. The lowest BCUT2D eigenvalue weighted by atomic mass is 10.2. The molecule has 0 saturated carbocycles. The number of hydrogen-bond acceptors (Lipinski definition) is 6. The molecule has 9 heteroatoms. The van der Waals surface area contributed by atoms with E-state index >= 15 is 0 Å². The lowest BCUT2D eigenvalue weighted by molar-refractivity contribution is -0.122. The van der Waals surface area contributed by atoms with Crippen LogP contribution < -0.4 is 10.5 Å². The number of aryl methyl sites for hydroxylation is 1. The number of nitrogens with zero attached hydrogens (tertiary/aromatic N) is 4. The average Bonchev–Trinajstić information content (AvgIpc) is 3.09. The van der Waals surface area contributed by atoms with Crippen LogP contribution in [0.1, 0.15) is 43.4 Å². The van der Waals surface area contributed by atoms with E-state index in [9.17, 15) is 14.0 Å². The Morgan fingerprint density at radius 3 is 2.43 bits per heavy atom. The second kappa shape index (κ2) is 10.7. The first-order chi connectivity index (χ1) is 16.8. The summed E-state index contributed by atoms with van der Waals surface area (Å²) in [4.78, 5) is 35.7. The van der Waals surface area contributed by atoms with E-state index in [-0.39, 0.29) is 23.8 Å². The van der Waals surface area contributed by atoms with Crippen LogP contribution in [0.3, 0.4) is 0 Å². The van der Waals surface area contributed by atoms with Crippen LogP contribution >= 0.6 is 24.0 Å². The summed E-state index contributed by atoms with van der Waals surface area (Å²) >= 11 is 6.64. The van der Waals surface area contributed by atoms with E-state index in [4.69, 9.17) is 17.2 Å². The number of hydrogen-bond donors (Lipinski definition) is 0. The molecule has 1 amide bonds. The van der Waals surface area contributed by atoms with Gasteiger partial charge in [0.15, 0.2) is 0 Å². The maximum Gasteiger partial charge on any atom is 0.267 e. The molecule has 1 aliphatic rings. The molecular formula is C26H27FN4O2S2. The van der Waals surface area contributed by atoms with E-state index < -0.39 is 0 Å². The monoisotopic (exact) mass is 510 g/mol. The van der Waals surface area contributed by atoms with Gasteiger partial charge in [-0.2, -0.15) is 0 Å². The molecule has 0 spiro atoms. The molecular weight excluding hydrogens is 483 g/mol. The molecule has 1 saturated heterocycles. The first kappa shape index (κ1) is 25.1. The Labute approximate surface area is 213 Å². The number of pyridine rings is 1. The van der Waals surface area contributed by atoms with Crippen molar-refractivity contribution in [3.8, 4) is 0 Å². The third-order valence-corrected chi connectivity index (χ3v) is 7.05. The van der Waals surface area contributed by atoms with Crippen LogP contribution in [-0.2, 0) is 11.3 Å². The van der Waals surface area contributed by atoms with Crippen LogP contribution in [0.4, 0.5) is 10.2 Å². The summed E-state index contributed by atoms with van der Waals surface area (Å²) in [5.74, 6) is -0.0392. The third kappa shape index (κ3) is 5.31. The van der Waals surface area contributed by atoms with Gasteiger partial charge in [-0.25, -0.2) is 9.37 Å².